The van der Waals surface area contributed by atoms with Crippen LogP contribution in [0.1, 0.15) is 33.6 Å². The molecule has 0 aliphatic rings. The number of allylic oxidation sites excluding steroid dienone is 3. The Bertz CT molecular complexity index is 244. The topological polar surface area (TPSA) is 12.4 Å². The summed E-state index contributed by atoms with van der Waals surface area (Å²) in [7, 11) is 1.62. The molecule has 0 atom stereocenters. The third-order valence-corrected chi connectivity index (χ3v) is 1.98. The zero-order chi connectivity index (χ0) is 11.2. The SMILES string of the molecule is C=CCC/C(C)=C/C(=NC)C(C)(C)F. The van der Waals surface area contributed by atoms with Crippen LogP contribution in [0.3, 0.4) is 0 Å². The van der Waals surface area contributed by atoms with Gasteiger partial charge in [-0.1, -0.05) is 11.6 Å². The van der Waals surface area contributed by atoms with Crippen molar-refractivity contribution in [3.63, 3.8) is 0 Å². The minimum absolute atomic E-state index is 0.499. The van der Waals surface area contributed by atoms with Crippen LogP contribution in [0.15, 0.2) is 29.3 Å². The second-order valence-electron chi connectivity index (χ2n) is 3.90. The first-order chi connectivity index (χ1) is 6.41. The summed E-state index contributed by atoms with van der Waals surface area (Å²) >= 11 is 0. The molecule has 0 amide bonds. The predicted octanol–water partition coefficient (Wildman–Crippen LogP) is 3.72. The van der Waals surface area contributed by atoms with Crippen LogP contribution in [0, 0.1) is 0 Å². The lowest BCUT2D eigenvalue weighted by molar-refractivity contribution is 0.314. The van der Waals surface area contributed by atoms with Gasteiger partial charge in [0.25, 0.3) is 0 Å². The summed E-state index contributed by atoms with van der Waals surface area (Å²) in [6.07, 6.45) is 5.52. The van der Waals surface area contributed by atoms with Crippen LogP contribution in [0.2, 0.25) is 0 Å². The normalized spacial score (nSPS) is 14.4. The van der Waals surface area contributed by atoms with Gasteiger partial charge < -0.3 is 0 Å². The molecule has 14 heavy (non-hydrogen) atoms. The minimum Gasteiger partial charge on any atom is -0.290 e. The van der Waals surface area contributed by atoms with Gasteiger partial charge in [-0.05, 0) is 39.7 Å². The Kier molecular flexibility index (Phi) is 5.36. The van der Waals surface area contributed by atoms with E-state index in [9.17, 15) is 4.39 Å². The average Bonchev–Trinajstić information content (AvgIpc) is 2.08. The van der Waals surface area contributed by atoms with Crippen LogP contribution >= 0.6 is 0 Å². The van der Waals surface area contributed by atoms with E-state index >= 15 is 0 Å². The van der Waals surface area contributed by atoms with Crippen LogP contribution in [-0.2, 0) is 0 Å². The smallest absolute Gasteiger partial charge is 0.146 e. The molecule has 0 saturated heterocycles. The van der Waals surface area contributed by atoms with E-state index in [1.165, 1.54) is 13.8 Å². The molecule has 0 fully saturated rings. The van der Waals surface area contributed by atoms with Gasteiger partial charge in [-0.25, -0.2) is 4.39 Å². The monoisotopic (exact) mass is 197 g/mol. The van der Waals surface area contributed by atoms with Crippen molar-refractivity contribution < 1.29 is 4.39 Å². The van der Waals surface area contributed by atoms with E-state index in [-0.39, 0.29) is 0 Å². The van der Waals surface area contributed by atoms with Crippen LogP contribution in [0.5, 0.6) is 0 Å². The predicted molar refractivity (Wildman–Crippen MR) is 61.7 cm³/mol. The van der Waals surface area contributed by atoms with Crippen LogP contribution in [0.25, 0.3) is 0 Å². The first-order valence-electron chi connectivity index (χ1n) is 4.86. The Morgan fingerprint density at radius 1 is 1.50 bits per heavy atom. The lowest BCUT2D eigenvalue weighted by atomic mass is 10.0. The largest absolute Gasteiger partial charge is 0.290 e. The molecule has 0 rings (SSSR count). The second-order valence-corrected chi connectivity index (χ2v) is 3.90. The van der Waals surface area contributed by atoms with Gasteiger partial charge in [0.15, 0.2) is 0 Å². The summed E-state index contributed by atoms with van der Waals surface area (Å²) in [6, 6.07) is 0. The third kappa shape index (κ3) is 4.95. The molecule has 0 aromatic carbocycles. The number of hydrogen-bond acceptors (Lipinski definition) is 1. The molecule has 0 saturated carbocycles. The van der Waals surface area contributed by atoms with Crippen molar-refractivity contribution in [3.05, 3.63) is 24.3 Å². The molecule has 2 heteroatoms. The third-order valence-electron chi connectivity index (χ3n) is 1.98. The van der Waals surface area contributed by atoms with Gasteiger partial charge >= 0.3 is 0 Å². The molecule has 0 spiro atoms. The lowest BCUT2D eigenvalue weighted by Gasteiger charge is -2.14. The Morgan fingerprint density at radius 3 is 2.43 bits per heavy atom. The highest BCUT2D eigenvalue weighted by molar-refractivity contribution is 6.01. The summed E-state index contributed by atoms with van der Waals surface area (Å²) in [6.45, 7) is 8.68. The standard InChI is InChI=1S/C12H20FN/c1-6-7-8-10(2)9-11(14-5)12(3,4)13/h6,9H,1,7-8H2,2-5H3/b10-9+,14-11?. The molecule has 0 heterocycles. The average molecular weight is 197 g/mol. The fourth-order valence-corrected chi connectivity index (χ4v) is 1.14. The molecule has 0 aromatic heterocycles. The quantitative estimate of drug-likeness (QED) is 0.470. The molecule has 0 radical (unpaired) electrons. The first-order valence-corrected chi connectivity index (χ1v) is 4.86. The molecule has 80 valence electrons. The van der Waals surface area contributed by atoms with E-state index < -0.39 is 5.67 Å². The maximum atomic E-state index is 13.5. The molecule has 1 nitrogen and oxygen atoms in total. The summed E-state index contributed by atoms with van der Waals surface area (Å²) in [5, 5.41) is 0. The van der Waals surface area contributed by atoms with E-state index in [4.69, 9.17) is 0 Å². The van der Waals surface area contributed by atoms with Crippen LogP contribution in [0.4, 0.5) is 4.39 Å². The lowest BCUT2D eigenvalue weighted by Crippen LogP contribution is -2.24. The van der Waals surface area contributed by atoms with E-state index in [0.29, 0.717) is 5.71 Å². The van der Waals surface area contributed by atoms with E-state index in [1.807, 2.05) is 19.1 Å². The highest BCUT2D eigenvalue weighted by Crippen LogP contribution is 2.15. The molecule has 0 aliphatic heterocycles. The number of hydrogen-bond donors (Lipinski definition) is 0. The Labute approximate surface area is 86.4 Å². The fourth-order valence-electron chi connectivity index (χ4n) is 1.14. The Balaban J connectivity index is 4.52. The van der Waals surface area contributed by atoms with Gasteiger partial charge in [-0.2, -0.15) is 0 Å². The molecule has 0 N–H and O–H groups in total. The second kappa shape index (κ2) is 5.74. The summed E-state index contributed by atoms with van der Waals surface area (Å²) < 4.78 is 13.5. The zero-order valence-corrected chi connectivity index (χ0v) is 9.60. The number of nitrogens with zero attached hydrogens (tertiary/aromatic N) is 1. The Hall–Kier alpha value is -0.920. The van der Waals surface area contributed by atoms with Gasteiger partial charge in [-0.15, -0.1) is 6.58 Å². The van der Waals surface area contributed by atoms with Crippen molar-refractivity contribution in [1.29, 1.82) is 0 Å². The van der Waals surface area contributed by atoms with Crippen molar-refractivity contribution in [2.45, 2.75) is 39.3 Å². The van der Waals surface area contributed by atoms with Gasteiger partial charge in [0.1, 0.15) is 5.67 Å². The number of halogens is 1. The van der Waals surface area contributed by atoms with Gasteiger partial charge in [0.05, 0.1) is 5.71 Å². The van der Waals surface area contributed by atoms with Gasteiger partial charge in [-0.3, -0.25) is 4.99 Å². The molecule has 0 aliphatic carbocycles. The van der Waals surface area contributed by atoms with Gasteiger partial charge in [0, 0.05) is 7.05 Å². The van der Waals surface area contributed by atoms with Crippen molar-refractivity contribution >= 4 is 5.71 Å². The molecule has 0 aromatic rings. The van der Waals surface area contributed by atoms with Crippen molar-refractivity contribution in [1.82, 2.24) is 0 Å². The maximum Gasteiger partial charge on any atom is 0.146 e. The fraction of sp³-hybridized carbons (Fsp3) is 0.583. The number of alkyl halides is 1. The van der Waals surface area contributed by atoms with Crippen LogP contribution in [-0.4, -0.2) is 18.4 Å². The minimum atomic E-state index is -1.36. The van der Waals surface area contributed by atoms with Crippen molar-refractivity contribution in [2.24, 2.45) is 4.99 Å². The first kappa shape index (κ1) is 13.1. The molecule has 0 unspecified atom stereocenters. The van der Waals surface area contributed by atoms with E-state index in [1.54, 1.807) is 7.05 Å². The highest BCUT2D eigenvalue weighted by atomic mass is 19.1. The van der Waals surface area contributed by atoms with Crippen LogP contribution < -0.4 is 0 Å². The summed E-state index contributed by atoms with van der Waals surface area (Å²) in [5.74, 6) is 0. The van der Waals surface area contributed by atoms with Crippen molar-refractivity contribution in [2.75, 3.05) is 7.05 Å². The summed E-state index contributed by atoms with van der Waals surface area (Å²) in [5.41, 5.74) is 0.278. The van der Waals surface area contributed by atoms with E-state index in [2.05, 4.69) is 11.6 Å². The molecule has 0 bridgehead atoms. The highest BCUT2D eigenvalue weighted by Gasteiger charge is 2.21. The number of rotatable bonds is 5. The molecular formula is C12H20FN. The zero-order valence-electron chi connectivity index (χ0n) is 9.60. The van der Waals surface area contributed by atoms with E-state index in [0.717, 1.165) is 18.4 Å². The number of aliphatic imine (C=N–C) groups is 1. The Morgan fingerprint density at radius 2 is 2.07 bits per heavy atom. The maximum absolute atomic E-state index is 13.5. The van der Waals surface area contributed by atoms with Crippen molar-refractivity contribution in [3.8, 4) is 0 Å². The van der Waals surface area contributed by atoms with Gasteiger partial charge in [0.2, 0.25) is 0 Å². The summed E-state index contributed by atoms with van der Waals surface area (Å²) in [4.78, 5) is 3.95. The molecular weight excluding hydrogens is 177 g/mol.